The van der Waals surface area contributed by atoms with Crippen LogP contribution in [0.5, 0.6) is 5.75 Å². The van der Waals surface area contributed by atoms with Gasteiger partial charge in [0.15, 0.2) is 5.11 Å². The molecule has 2 heterocycles. The van der Waals surface area contributed by atoms with Crippen LogP contribution in [-0.2, 0) is 0 Å². The van der Waals surface area contributed by atoms with Gasteiger partial charge in [0.25, 0.3) is 5.89 Å². The summed E-state index contributed by atoms with van der Waals surface area (Å²) in [6, 6.07) is 23.1. The van der Waals surface area contributed by atoms with Crippen LogP contribution >= 0.6 is 12.2 Å². The van der Waals surface area contributed by atoms with E-state index in [-0.39, 0.29) is 5.82 Å². The molecule has 1 atom stereocenters. The summed E-state index contributed by atoms with van der Waals surface area (Å²) in [5.41, 5.74) is 3.89. The first-order chi connectivity index (χ1) is 16.5. The van der Waals surface area contributed by atoms with Crippen LogP contribution in [0, 0.1) is 5.82 Å². The standard InChI is InChI=1S/C26H21FN4O2S/c1-16-22(25-29-24(30-33-25)17-7-4-3-5-8-17)23(18-9-6-10-19(27)15-18)28-26(34)31(16)20-11-13-21(32-2)14-12-20/h3-15,23H,1-2H3,(H,28,34). The van der Waals surface area contributed by atoms with Crippen molar-refractivity contribution in [2.45, 2.75) is 13.0 Å². The molecule has 0 bridgehead atoms. The number of rotatable bonds is 5. The van der Waals surface area contributed by atoms with Crippen LogP contribution in [0.1, 0.15) is 24.4 Å². The summed E-state index contributed by atoms with van der Waals surface area (Å²) in [7, 11) is 1.62. The van der Waals surface area contributed by atoms with E-state index in [0.717, 1.165) is 22.7 Å². The first kappa shape index (κ1) is 21.8. The minimum Gasteiger partial charge on any atom is -0.497 e. The molecule has 0 spiro atoms. The minimum absolute atomic E-state index is 0.333. The Labute approximate surface area is 201 Å². The zero-order chi connectivity index (χ0) is 23.7. The molecule has 8 heteroatoms. The van der Waals surface area contributed by atoms with E-state index in [2.05, 4.69) is 15.5 Å². The predicted molar refractivity (Wildman–Crippen MR) is 133 cm³/mol. The van der Waals surface area contributed by atoms with E-state index < -0.39 is 6.04 Å². The summed E-state index contributed by atoms with van der Waals surface area (Å²) in [5.74, 6) is 1.20. The monoisotopic (exact) mass is 472 g/mol. The highest BCUT2D eigenvalue weighted by atomic mass is 32.1. The lowest BCUT2D eigenvalue weighted by molar-refractivity contribution is 0.404. The van der Waals surface area contributed by atoms with Crippen LogP contribution in [0.15, 0.2) is 89.1 Å². The van der Waals surface area contributed by atoms with Crippen molar-refractivity contribution in [2.75, 3.05) is 12.0 Å². The van der Waals surface area contributed by atoms with E-state index in [1.807, 2.05) is 72.5 Å². The molecule has 0 amide bonds. The molecule has 0 saturated carbocycles. The minimum atomic E-state index is -0.471. The van der Waals surface area contributed by atoms with Gasteiger partial charge in [-0.05, 0) is 61.1 Å². The third-order valence-corrected chi connectivity index (χ3v) is 5.99. The molecule has 0 saturated heterocycles. The number of hydrogen-bond donors (Lipinski definition) is 1. The Kier molecular flexibility index (Phi) is 5.81. The molecule has 1 N–H and O–H groups in total. The molecule has 1 aliphatic rings. The third-order valence-electron chi connectivity index (χ3n) is 5.69. The third kappa shape index (κ3) is 4.04. The van der Waals surface area contributed by atoms with Crippen molar-refractivity contribution < 1.29 is 13.7 Å². The fraction of sp³-hybridized carbons (Fsp3) is 0.115. The van der Waals surface area contributed by atoms with E-state index in [1.54, 1.807) is 13.2 Å². The Bertz CT molecular complexity index is 1370. The summed E-state index contributed by atoms with van der Waals surface area (Å²) >= 11 is 5.73. The van der Waals surface area contributed by atoms with Crippen LogP contribution in [0.4, 0.5) is 10.1 Å². The van der Waals surface area contributed by atoms with Gasteiger partial charge < -0.3 is 14.6 Å². The summed E-state index contributed by atoms with van der Waals surface area (Å²) in [5, 5.41) is 8.01. The number of thiocarbonyl (C=S) groups is 1. The highest BCUT2D eigenvalue weighted by Gasteiger charge is 2.35. The fourth-order valence-corrected chi connectivity index (χ4v) is 4.40. The molecule has 4 aromatic rings. The van der Waals surface area contributed by atoms with Gasteiger partial charge in [-0.3, -0.25) is 4.90 Å². The van der Waals surface area contributed by atoms with Crippen molar-refractivity contribution in [1.29, 1.82) is 0 Å². The average molecular weight is 473 g/mol. The Morgan fingerprint density at radius 1 is 1.03 bits per heavy atom. The second-order valence-corrected chi connectivity index (χ2v) is 8.15. The number of aromatic nitrogens is 2. The average Bonchev–Trinajstić information content (AvgIpc) is 3.34. The van der Waals surface area contributed by atoms with E-state index in [4.69, 9.17) is 21.5 Å². The molecule has 0 radical (unpaired) electrons. The van der Waals surface area contributed by atoms with Gasteiger partial charge >= 0.3 is 0 Å². The number of ether oxygens (including phenoxy) is 1. The molecule has 1 unspecified atom stereocenters. The first-order valence-corrected chi connectivity index (χ1v) is 11.1. The van der Waals surface area contributed by atoms with E-state index >= 15 is 0 Å². The Hall–Kier alpha value is -4.04. The lowest BCUT2D eigenvalue weighted by Crippen LogP contribution is -2.46. The van der Waals surface area contributed by atoms with Crippen molar-refractivity contribution >= 4 is 28.6 Å². The Balaban J connectivity index is 1.65. The SMILES string of the molecule is COc1ccc(N2C(=S)NC(c3cccc(F)c3)C(c3nc(-c4ccccc4)no3)=C2C)cc1. The van der Waals surface area contributed by atoms with Crippen LogP contribution in [0.25, 0.3) is 17.0 Å². The van der Waals surface area contributed by atoms with E-state index in [0.29, 0.717) is 28.0 Å². The maximum Gasteiger partial charge on any atom is 0.258 e. The summed E-state index contributed by atoms with van der Waals surface area (Å²) in [4.78, 5) is 6.57. The lowest BCUT2D eigenvalue weighted by atomic mass is 9.94. The summed E-state index contributed by atoms with van der Waals surface area (Å²) < 4.78 is 25.1. The number of hydrogen-bond acceptors (Lipinski definition) is 5. The number of allylic oxidation sites excluding steroid dienone is 1. The molecule has 0 fully saturated rings. The number of nitrogens with zero attached hydrogens (tertiary/aromatic N) is 3. The number of methoxy groups -OCH3 is 1. The molecular formula is C26H21FN4O2S. The van der Waals surface area contributed by atoms with Crippen molar-refractivity contribution in [3.63, 3.8) is 0 Å². The molecule has 1 aromatic heterocycles. The number of anilines is 1. The summed E-state index contributed by atoms with van der Waals surface area (Å²) in [6.07, 6.45) is 0. The molecule has 5 rings (SSSR count). The Morgan fingerprint density at radius 3 is 2.50 bits per heavy atom. The molecule has 34 heavy (non-hydrogen) atoms. The van der Waals surface area contributed by atoms with Crippen LogP contribution < -0.4 is 15.0 Å². The highest BCUT2D eigenvalue weighted by molar-refractivity contribution is 7.80. The topological polar surface area (TPSA) is 63.4 Å². The number of nitrogens with one attached hydrogen (secondary N) is 1. The fourth-order valence-electron chi connectivity index (χ4n) is 4.04. The van der Waals surface area contributed by atoms with Crippen molar-refractivity contribution in [2.24, 2.45) is 0 Å². The van der Waals surface area contributed by atoms with Gasteiger partial charge in [0.2, 0.25) is 5.82 Å². The lowest BCUT2D eigenvalue weighted by Gasteiger charge is -2.37. The van der Waals surface area contributed by atoms with Crippen molar-refractivity contribution in [3.8, 4) is 17.1 Å². The van der Waals surface area contributed by atoms with E-state index in [1.165, 1.54) is 12.1 Å². The maximum atomic E-state index is 14.1. The van der Waals surface area contributed by atoms with Crippen molar-refractivity contribution in [1.82, 2.24) is 15.5 Å². The quantitative estimate of drug-likeness (QED) is 0.371. The van der Waals surface area contributed by atoms with Gasteiger partial charge in [-0.2, -0.15) is 4.98 Å². The van der Waals surface area contributed by atoms with Gasteiger partial charge in [-0.15, -0.1) is 0 Å². The molecule has 3 aromatic carbocycles. The molecular weight excluding hydrogens is 451 g/mol. The summed E-state index contributed by atoms with van der Waals surface area (Å²) in [6.45, 7) is 1.94. The Morgan fingerprint density at radius 2 is 1.79 bits per heavy atom. The molecule has 1 aliphatic heterocycles. The van der Waals surface area contributed by atoms with Gasteiger partial charge in [0.05, 0.1) is 18.7 Å². The van der Waals surface area contributed by atoms with Gasteiger partial charge in [0.1, 0.15) is 11.6 Å². The van der Waals surface area contributed by atoms with Gasteiger partial charge in [0, 0.05) is 16.9 Å². The number of benzene rings is 3. The first-order valence-electron chi connectivity index (χ1n) is 10.7. The normalized spacial score (nSPS) is 15.9. The van der Waals surface area contributed by atoms with Crippen LogP contribution in [-0.4, -0.2) is 22.4 Å². The van der Waals surface area contributed by atoms with Gasteiger partial charge in [-0.25, -0.2) is 4.39 Å². The second kappa shape index (κ2) is 9.07. The zero-order valence-corrected chi connectivity index (χ0v) is 19.3. The maximum absolute atomic E-state index is 14.1. The molecule has 6 nitrogen and oxygen atoms in total. The number of halogens is 1. The molecule has 0 aliphatic carbocycles. The largest absolute Gasteiger partial charge is 0.497 e. The van der Waals surface area contributed by atoms with Crippen LogP contribution in [0.2, 0.25) is 0 Å². The highest BCUT2D eigenvalue weighted by Crippen LogP contribution is 2.39. The van der Waals surface area contributed by atoms with Gasteiger partial charge in [-0.1, -0.05) is 47.6 Å². The van der Waals surface area contributed by atoms with Crippen LogP contribution in [0.3, 0.4) is 0 Å². The van der Waals surface area contributed by atoms with Crippen molar-refractivity contribution in [3.05, 3.63) is 102 Å². The van der Waals surface area contributed by atoms with E-state index in [9.17, 15) is 4.39 Å². The predicted octanol–water partition coefficient (Wildman–Crippen LogP) is 5.75. The second-order valence-electron chi connectivity index (χ2n) is 7.76. The smallest absolute Gasteiger partial charge is 0.258 e. The molecule has 170 valence electrons. The zero-order valence-electron chi connectivity index (χ0n) is 18.5.